The minimum absolute atomic E-state index is 0.303. The fraction of sp³-hybridized carbons (Fsp3) is 0.273. The maximum absolute atomic E-state index is 11.4. The molecule has 6 nitrogen and oxygen atoms in total. The predicted molar refractivity (Wildman–Crippen MR) is 62.9 cm³/mol. The van der Waals surface area contributed by atoms with Crippen molar-refractivity contribution in [2.45, 2.75) is 5.75 Å². The first-order valence-electron chi connectivity index (χ1n) is 4.93. The molecule has 0 aromatic heterocycles. The van der Waals surface area contributed by atoms with E-state index in [0.717, 1.165) is 0 Å². The topological polar surface area (TPSA) is 97.7 Å². The predicted octanol–water partition coefficient (Wildman–Crippen LogP) is 0.473. The number of methoxy groups -OCH3 is 1. The van der Waals surface area contributed by atoms with Crippen LogP contribution < -0.4 is 0 Å². The Bertz CT molecular complexity index is 543. The van der Waals surface area contributed by atoms with Crippen LogP contribution in [0.3, 0.4) is 0 Å². The maximum atomic E-state index is 11.4. The molecule has 0 saturated heterocycles. The standard InChI is InChI=1S/C11H12O6S/c1-17-11(14)9-4-2-8(3-5-9)6-18(15,16)7-10(12)13/h2-5H,6-7H2,1H3,(H,12,13). The monoisotopic (exact) mass is 272 g/mol. The van der Waals surface area contributed by atoms with Crippen LogP contribution in [-0.2, 0) is 25.1 Å². The minimum atomic E-state index is -3.69. The number of aliphatic carboxylic acids is 1. The van der Waals surface area contributed by atoms with Crippen molar-refractivity contribution in [3.63, 3.8) is 0 Å². The van der Waals surface area contributed by atoms with Gasteiger partial charge in [0.15, 0.2) is 9.84 Å². The SMILES string of the molecule is COC(=O)c1ccc(CS(=O)(=O)CC(=O)O)cc1. The van der Waals surface area contributed by atoms with Crippen molar-refractivity contribution in [2.24, 2.45) is 0 Å². The highest BCUT2D eigenvalue weighted by Gasteiger charge is 2.16. The quantitative estimate of drug-likeness (QED) is 0.782. The zero-order chi connectivity index (χ0) is 13.8. The number of hydrogen-bond acceptors (Lipinski definition) is 5. The van der Waals surface area contributed by atoms with Crippen LogP contribution in [0, 0.1) is 0 Å². The molecular weight excluding hydrogens is 260 g/mol. The molecule has 7 heteroatoms. The number of hydrogen-bond donors (Lipinski definition) is 1. The molecule has 0 bridgehead atoms. The Morgan fingerprint density at radius 2 is 1.78 bits per heavy atom. The second-order valence-electron chi connectivity index (χ2n) is 3.61. The van der Waals surface area contributed by atoms with Gasteiger partial charge in [-0.3, -0.25) is 4.79 Å². The summed E-state index contributed by atoms with van der Waals surface area (Å²) in [6.07, 6.45) is 0. The molecule has 0 fully saturated rings. The van der Waals surface area contributed by atoms with Gasteiger partial charge in [0.2, 0.25) is 0 Å². The Balaban J connectivity index is 2.81. The Labute approximate surface area is 104 Å². The number of carboxylic acid groups (broad SMARTS) is 1. The molecule has 0 saturated carbocycles. The van der Waals surface area contributed by atoms with Gasteiger partial charge in [0, 0.05) is 0 Å². The van der Waals surface area contributed by atoms with Gasteiger partial charge in [-0.05, 0) is 17.7 Å². The second-order valence-corrected chi connectivity index (χ2v) is 5.68. The highest BCUT2D eigenvalue weighted by Crippen LogP contribution is 2.09. The highest BCUT2D eigenvalue weighted by atomic mass is 32.2. The van der Waals surface area contributed by atoms with Crippen LogP contribution >= 0.6 is 0 Å². The van der Waals surface area contributed by atoms with E-state index in [1.807, 2.05) is 0 Å². The molecule has 1 N–H and O–H groups in total. The number of rotatable bonds is 5. The lowest BCUT2D eigenvalue weighted by Crippen LogP contribution is -2.17. The van der Waals surface area contributed by atoms with Crippen LogP contribution in [-0.4, -0.2) is 38.3 Å². The van der Waals surface area contributed by atoms with Crippen molar-refractivity contribution >= 4 is 21.8 Å². The van der Waals surface area contributed by atoms with Crippen molar-refractivity contribution < 1.29 is 27.9 Å². The van der Waals surface area contributed by atoms with E-state index in [4.69, 9.17) is 5.11 Å². The summed E-state index contributed by atoms with van der Waals surface area (Å²) in [5.41, 5.74) is 0.723. The number of carboxylic acids is 1. The average molecular weight is 272 g/mol. The summed E-state index contributed by atoms with van der Waals surface area (Å²) in [4.78, 5) is 21.5. The second kappa shape index (κ2) is 5.63. The summed E-state index contributed by atoms with van der Waals surface area (Å²) in [7, 11) is -2.44. The first-order chi connectivity index (χ1) is 8.34. The number of ether oxygens (including phenoxy) is 1. The number of benzene rings is 1. The Morgan fingerprint density at radius 1 is 1.22 bits per heavy atom. The van der Waals surface area contributed by atoms with Crippen molar-refractivity contribution in [3.05, 3.63) is 35.4 Å². The number of carbonyl (C=O) groups is 2. The van der Waals surface area contributed by atoms with E-state index < -0.39 is 27.5 Å². The van der Waals surface area contributed by atoms with Gasteiger partial charge in [0.05, 0.1) is 18.4 Å². The van der Waals surface area contributed by atoms with E-state index in [0.29, 0.717) is 11.1 Å². The molecule has 1 aromatic rings. The van der Waals surface area contributed by atoms with Gasteiger partial charge >= 0.3 is 11.9 Å². The zero-order valence-electron chi connectivity index (χ0n) is 9.62. The molecule has 0 amide bonds. The lowest BCUT2D eigenvalue weighted by atomic mass is 10.1. The van der Waals surface area contributed by atoms with Crippen LogP contribution in [0.4, 0.5) is 0 Å². The Morgan fingerprint density at radius 3 is 2.22 bits per heavy atom. The first kappa shape index (κ1) is 14.2. The molecule has 98 valence electrons. The van der Waals surface area contributed by atoms with Gasteiger partial charge in [-0.1, -0.05) is 12.1 Å². The summed E-state index contributed by atoms with van der Waals surface area (Å²) < 4.78 is 27.3. The third-order valence-corrected chi connectivity index (χ3v) is 3.56. The Hall–Kier alpha value is -1.89. The highest BCUT2D eigenvalue weighted by molar-refractivity contribution is 7.91. The van der Waals surface area contributed by atoms with E-state index in [2.05, 4.69) is 4.74 Å². The Kier molecular flexibility index (Phi) is 4.43. The summed E-state index contributed by atoms with van der Waals surface area (Å²) in [6, 6.07) is 5.76. The van der Waals surface area contributed by atoms with Crippen molar-refractivity contribution in [1.82, 2.24) is 0 Å². The first-order valence-corrected chi connectivity index (χ1v) is 6.75. The maximum Gasteiger partial charge on any atom is 0.337 e. The van der Waals surface area contributed by atoms with Gasteiger partial charge in [0.1, 0.15) is 5.75 Å². The van der Waals surface area contributed by atoms with E-state index in [1.165, 1.54) is 31.4 Å². The molecule has 0 aliphatic carbocycles. The van der Waals surface area contributed by atoms with E-state index in [-0.39, 0.29) is 5.75 Å². The van der Waals surface area contributed by atoms with E-state index >= 15 is 0 Å². The molecule has 0 spiro atoms. The van der Waals surface area contributed by atoms with E-state index in [1.54, 1.807) is 0 Å². The molecule has 0 unspecified atom stereocenters. The van der Waals surface area contributed by atoms with Crippen LogP contribution in [0.25, 0.3) is 0 Å². The molecule has 0 aliphatic rings. The number of carbonyl (C=O) groups excluding carboxylic acids is 1. The molecule has 1 aromatic carbocycles. The smallest absolute Gasteiger partial charge is 0.337 e. The molecule has 18 heavy (non-hydrogen) atoms. The lowest BCUT2D eigenvalue weighted by Gasteiger charge is -2.03. The molecule has 0 aliphatic heterocycles. The largest absolute Gasteiger partial charge is 0.480 e. The third-order valence-electron chi connectivity index (χ3n) is 2.11. The van der Waals surface area contributed by atoms with Crippen molar-refractivity contribution in [3.8, 4) is 0 Å². The van der Waals surface area contributed by atoms with Gasteiger partial charge in [-0.15, -0.1) is 0 Å². The van der Waals surface area contributed by atoms with Crippen LogP contribution in [0.5, 0.6) is 0 Å². The average Bonchev–Trinajstić information content (AvgIpc) is 2.26. The van der Waals surface area contributed by atoms with Crippen molar-refractivity contribution in [2.75, 3.05) is 12.9 Å². The molecular formula is C11H12O6S. The molecule has 0 atom stereocenters. The normalized spacial score (nSPS) is 10.9. The molecule has 1 rings (SSSR count). The minimum Gasteiger partial charge on any atom is -0.480 e. The van der Waals surface area contributed by atoms with Crippen LogP contribution in [0.2, 0.25) is 0 Å². The van der Waals surface area contributed by atoms with Gasteiger partial charge in [-0.2, -0.15) is 0 Å². The van der Waals surface area contributed by atoms with Crippen LogP contribution in [0.1, 0.15) is 15.9 Å². The molecule has 0 heterocycles. The summed E-state index contributed by atoms with van der Waals surface area (Å²) in [5.74, 6) is -3.19. The zero-order valence-corrected chi connectivity index (χ0v) is 10.4. The van der Waals surface area contributed by atoms with E-state index in [9.17, 15) is 18.0 Å². The van der Waals surface area contributed by atoms with Gasteiger partial charge < -0.3 is 9.84 Å². The lowest BCUT2D eigenvalue weighted by molar-refractivity contribution is -0.134. The van der Waals surface area contributed by atoms with Crippen molar-refractivity contribution in [1.29, 1.82) is 0 Å². The molecule has 0 radical (unpaired) electrons. The van der Waals surface area contributed by atoms with Crippen LogP contribution in [0.15, 0.2) is 24.3 Å². The number of esters is 1. The van der Waals surface area contributed by atoms with Gasteiger partial charge in [-0.25, -0.2) is 13.2 Å². The fourth-order valence-electron chi connectivity index (χ4n) is 1.35. The summed E-state index contributed by atoms with van der Waals surface area (Å²) in [5, 5.41) is 8.44. The number of sulfone groups is 1. The summed E-state index contributed by atoms with van der Waals surface area (Å²) >= 11 is 0. The summed E-state index contributed by atoms with van der Waals surface area (Å²) in [6.45, 7) is 0. The third kappa shape index (κ3) is 4.17. The van der Waals surface area contributed by atoms with Gasteiger partial charge in [0.25, 0.3) is 0 Å². The fourth-order valence-corrected chi connectivity index (χ4v) is 2.53.